The number of fused-ring (bicyclic) bond motifs is 2. The summed E-state index contributed by atoms with van der Waals surface area (Å²) in [6.07, 6.45) is 0. The number of ketones is 1. The van der Waals surface area contributed by atoms with Gasteiger partial charge in [0.2, 0.25) is 6.79 Å². The van der Waals surface area contributed by atoms with Gasteiger partial charge < -0.3 is 9.47 Å². The molecule has 6 heteroatoms. The summed E-state index contributed by atoms with van der Waals surface area (Å²) in [6.45, 7) is 0.189. The van der Waals surface area contributed by atoms with Crippen molar-refractivity contribution in [1.82, 2.24) is 9.97 Å². The van der Waals surface area contributed by atoms with Crippen molar-refractivity contribution in [3.63, 3.8) is 0 Å². The molecule has 0 unspecified atom stereocenters. The van der Waals surface area contributed by atoms with Crippen LogP contribution in [0.15, 0.2) is 78.0 Å². The predicted molar refractivity (Wildman–Crippen MR) is 113 cm³/mol. The van der Waals surface area contributed by atoms with Crippen LogP contribution < -0.4 is 9.47 Å². The van der Waals surface area contributed by atoms with Crippen LogP contribution >= 0.6 is 11.8 Å². The van der Waals surface area contributed by atoms with Crippen molar-refractivity contribution in [3.05, 3.63) is 78.4 Å². The number of carbonyl (C=O) groups is 1. The summed E-state index contributed by atoms with van der Waals surface area (Å²) in [6, 6.07) is 23.2. The van der Waals surface area contributed by atoms with Crippen molar-refractivity contribution in [1.29, 1.82) is 0 Å². The first kappa shape index (κ1) is 17.7. The van der Waals surface area contributed by atoms with Gasteiger partial charge in [-0.05, 0) is 24.3 Å². The highest BCUT2D eigenvalue weighted by Gasteiger charge is 2.17. The quantitative estimate of drug-likeness (QED) is 0.267. The largest absolute Gasteiger partial charge is 0.454 e. The van der Waals surface area contributed by atoms with E-state index in [0.29, 0.717) is 22.2 Å². The Labute approximate surface area is 171 Å². The highest BCUT2D eigenvalue weighted by atomic mass is 32.2. The Morgan fingerprint density at radius 1 is 0.897 bits per heavy atom. The monoisotopic (exact) mass is 400 g/mol. The molecule has 0 aliphatic carbocycles. The van der Waals surface area contributed by atoms with Crippen LogP contribution in [0.1, 0.15) is 10.4 Å². The molecule has 1 aliphatic heterocycles. The van der Waals surface area contributed by atoms with Gasteiger partial charge in [-0.2, -0.15) is 0 Å². The van der Waals surface area contributed by atoms with Crippen LogP contribution in [0, 0.1) is 0 Å². The molecule has 0 bridgehead atoms. The Morgan fingerprint density at radius 3 is 2.59 bits per heavy atom. The summed E-state index contributed by atoms with van der Waals surface area (Å²) >= 11 is 1.34. The molecule has 0 saturated heterocycles. The van der Waals surface area contributed by atoms with E-state index in [4.69, 9.17) is 14.5 Å². The van der Waals surface area contributed by atoms with Crippen LogP contribution in [0.2, 0.25) is 0 Å². The first-order valence-corrected chi connectivity index (χ1v) is 10.1. The maximum Gasteiger partial charge on any atom is 0.231 e. The van der Waals surface area contributed by atoms with Gasteiger partial charge in [-0.3, -0.25) is 4.79 Å². The van der Waals surface area contributed by atoms with E-state index in [9.17, 15) is 4.79 Å². The van der Waals surface area contributed by atoms with Gasteiger partial charge in [0, 0.05) is 16.5 Å². The fourth-order valence-electron chi connectivity index (χ4n) is 3.22. The number of nitrogens with zero attached hydrogens (tertiary/aromatic N) is 2. The van der Waals surface area contributed by atoms with Crippen LogP contribution in [0.5, 0.6) is 11.5 Å². The first-order chi connectivity index (χ1) is 14.3. The zero-order valence-electron chi connectivity index (χ0n) is 15.4. The summed E-state index contributed by atoms with van der Waals surface area (Å²) in [5, 5.41) is 1.57. The lowest BCUT2D eigenvalue weighted by atomic mass is 10.1. The summed E-state index contributed by atoms with van der Waals surface area (Å²) in [7, 11) is 0. The number of carbonyl (C=O) groups excluding carboxylic acids is 1. The highest BCUT2D eigenvalue weighted by Crippen LogP contribution is 2.33. The van der Waals surface area contributed by atoms with Gasteiger partial charge in [-0.25, -0.2) is 9.97 Å². The van der Waals surface area contributed by atoms with Crippen molar-refractivity contribution >= 4 is 28.4 Å². The molecule has 5 rings (SSSR count). The van der Waals surface area contributed by atoms with E-state index in [2.05, 4.69) is 4.98 Å². The topological polar surface area (TPSA) is 61.3 Å². The number of para-hydroxylation sites is 1. The molecular weight excluding hydrogens is 384 g/mol. The molecule has 29 heavy (non-hydrogen) atoms. The molecule has 0 fully saturated rings. The summed E-state index contributed by atoms with van der Waals surface area (Å²) < 4.78 is 10.7. The Balaban J connectivity index is 1.43. The van der Waals surface area contributed by atoms with Gasteiger partial charge in [0.05, 0.1) is 17.0 Å². The van der Waals surface area contributed by atoms with Crippen molar-refractivity contribution in [2.24, 2.45) is 0 Å². The fourth-order valence-corrected chi connectivity index (χ4v) is 3.96. The van der Waals surface area contributed by atoms with E-state index in [1.54, 1.807) is 18.2 Å². The molecule has 0 spiro atoms. The lowest BCUT2D eigenvalue weighted by Gasteiger charge is -2.08. The predicted octanol–water partition coefficient (Wildman–Crippen LogP) is 5.00. The third-order valence-electron chi connectivity index (χ3n) is 4.66. The normalized spacial score (nSPS) is 12.3. The zero-order valence-corrected chi connectivity index (χ0v) is 16.2. The average Bonchev–Trinajstić information content (AvgIpc) is 3.25. The van der Waals surface area contributed by atoms with Crippen LogP contribution in [-0.2, 0) is 0 Å². The third kappa shape index (κ3) is 3.54. The first-order valence-electron chi connectivity index (χ1n) is 9.16. The minimum atomic E-state index is -0.00804. The van der Waals surface area contributed by atoms with E-state index < -0.39 is 0 Å². The van der Waals surface area contributed by atoms with Gasteiger partial charge >= 0.3 is 0 Å². The number of benzene rings is 3. The van der Waals surface area contributed by atoms with Crippen molar-refractivity contribution in [2.75, 3.05) is 12.5 Å². The number of Topliss-reactive ketones (excluding diaryl/α,β-unsaturated/α-hetero) is 1. The lowest BCUT2D eigenvalue weighted by Crippen LogP contribution is -2.03. The second kappa shape index (κ2) is 7.56. The van der Waals surface area contributed by atoms with Gasteiger partial charge in [0.25, 0.3) is 0 Å². The standard InChI is InChI=1S/C23H16N2O3S/c26-19(16-10-11-20-21(12-16)28-14-27-20)13-29-23-24-18-9-5-4-8-17(18)22(25-23)15-6-2-1-3-7-15/h1-12H,13-14H2. The molecule has 0 saturated carbocycles. The number of hydrogen-bond donors (Lipinski definition) is 0. The van der Waals surface area contributed by atoms with Crippen LogP contribution in [0.3, 0.4) is 0 Å². The lowest BCUT2D eigenvalue weighted by molar-refractivity contribution is 0.102. The number of hydrogen-bond acceptors (Lipinski definition) is 6. The molecule has 142 valence electrons. The maximum absolute atomic E-state index is 12.7. The molecule has 2 heterocycles. The van der Waals surface area contributed by atoms with Crippen molar-refractivity contribution in [2.45, 2.75) is 5.16 Å². The van der Waals surface area contributed by atoms with Gasteiger partial charge in [-0.1, -0.05) is 60.3 Å². The molecule has 1 aliphatic rings. The fraction of sp³-hybridized carbons (Fsp3) is 0.0870. The third-order valence-corrected chi connectivity index (χ3v) is 5.50. The Kier molecular flexibility index (Phi) is 4.62. The molecule has 3 aromatic carbocycles. The van der Waals surface area contributed by atoms with E-state index in [0.717, 1.165) is 22.2 Å². The molecule has 0 atom stereocenters. The Morgan fingerprint density at radius 2 is 1.69 bits per heavy atom. The molecule has 0 amide bonds. The second-order valence-corrected chi connectivity index (χ2v) is 7.46. The molecule has 5 nitrogen and oxygen atoms in total. The van der Waals surface area contributed by atoms with E-state index in [-0.39, 0.29) is 18.3 Å². The second-order valence-electron chi connectivity index (χ2n) is 6.52. The maximum atomic E-state index is 12.7. The summed E-state index contributed by atoms with van der Waals surface area (Å²) in [5.74, 6) is 1.51. The smallest absolute Gasteiger partial charge is 0.231 e. The summed E-state index contributed by atoms with van der Waals surface area (Å²) in [4.78, 5) is 22.1. The molecule has 4 aromatic rings. The van der Waals surface area contributed by atoms with Gasteiger partial charge in [0.15, 0.2) is 22.4 Å². The highest BCUT2D eigenvalue weighted by molar-refractivity contribution is 7.99. The molecule has 1 aromatic heterocycles. The Bertz CT molecular complexity index is 1210. The average molecular weight is 400 g/mol. The van der Waals surface area contributed by atoms with Crippen LogP contribution in [-0.4, -0.2) is 28.3 Å². The van der Waals surface area contributed by atoms with E-state index in [1.165, 1.54) is 11.8 Å². The Hall–Kier alpha value is -3.38. The van der Waals surface area contributed by atoms with Gasteiger partial charge in [0.1, 0.15) is 0 Å². The van der Waals surface area contributed by atoms with Gasteiger partial charge in [-0.15, -0.1) is 0 Å². The van der Waals surface area contributed by atoms with E-state index >= 15 is 0 Å². The zero-order chi connectivity index (χ0) is 19.6. The minimum Gasteiger partial charge on any atom is -0.454 e. The molecule has 0 N–H and O–H groups in total. The van der Waals surface area contributed by atoms with Crippen LogP contribution in [0.25, 0.3) is 22.2 Å². The number of aromatic nitrogens is 2. The number of rotatable bonds is 5. The van der Waals surface area contributed by atoms with Crippen LogP contribution in [0.4, 0.5) is 0 Å². The minimum absolute atomic E-state index is 0.00804. The number of ether oxygens (including phenoxy) is 2. The summed E-state index contributed by atoms with van der Waals surface area (Å²) in [5.41, 5.74) is 3.34. The SMILES string of the molecule is O=C(CSc1nc(-c2ccccc2)c2ccccc2n1)c1ccc2c(c1)OCO2. The molecular formula is C23H16N2O3S. The van der Waals surface area contributed by atoms with E-state index in [1.807, 2.05) is 54.6 Å². The molecule has 0 radical (unpaired) electrons. The van der Waals surface area contributed by atoms with Crippen molar-refractivity contribution in [3.8, 4) is 22.8 Å². The number of thioether (sulfide) groups is 1. The van der Waals surface area contributed by atoms with Crippen molar-refractivity contribution < 1.29 is 14.3 Å².